The minimum Gasteiger partial charge on any atom is -0.352 e. The van der Waals surface area contributed by atoms with Crippen LogP contribution in [-0.2, 0) is 24.4 Å². The fourth-order valence-corrected chi connectivity index (χ4v) is 3.29. The number of carbonyl (C=O) groups excluding carboxylic acids is 1. The minimum atomic E-state index is 0.0571. The molecule has 0 unspecified atom stereocenters. The fraction of sp³-hybridized carbons (Fsp3) is 0.182. The first-order valence-corrected chi connectivity index (χ1v) is 9.14. The minimum absolute atomic E-state index is 0.0571. The van der Waals surface area contributed by atoms with E-state index in [2.05, 4.69) is 45.3 Å². The average molecular weight is 358 g/mol. The summed E-state index contributed by atoms with van der Waals surface area (Å²) in [6, 6.07) is 20.4. The van der Waals surface area contributed by atoms with Crippen molar-refractivity contribution in [2.24, 2.45) is 0 Å². The van der Waals surface area contributed by atoms with E-state index in [0.29, 0.717) is 26.1 Å². The molecule has 136 valence electrons. The average Bonchev–Trinajstić information content (AvgIpc) is 3.35. The second-order valence-electron chi connectivity index (χ2n) is 6.57. The van der Waals surface area contributed by atoms with Gasteiger partial charge in [-0.2, -0.15) is 5.10 Å². The first-order valence-electron chi connectivity index (χ1n) is 9.14. The molecule has 1 N–H and O–H groups in total. The van der Waals surface area contributed by atoms with E-state index in [-0.39, 0.29) is 5.91 Å². The molecule has 0 spiro atoms. The molecule has 0 atom stereocenters. The molecule has 2 heterocycles. The second kappa shape index (κ2) is 7.91. The third kappa shape index (κ3) is 4.08. The molecule has 4 aromatic rings. The number of fused-ring (bicyclic) bond motifs is 1. The Morgan fingerprint density at radius 1 is 0.926 bits per heavy atom. The Morgan fingerprint density at radius 3 is 2.59 bits per heavy atom. The summed E-state index contributed by atoms with van der Waals surface area (Å²) in [7, 11) is 0. The number of hydrogen-bond acceptors (Lipinski definition) is 2. The van der Waals surface area contributed by atoms with E-state index in [0.717, 1.165) is 16.6 Å². The van der Waals surface area contributed by atoms with Gasteiger partial charge >= 0.3 is 0 Å². The van der Waals surface area contributed by atoms with Crippen LogP contribution < -0.4 is 5.32 Å². The van der Waals surface area contributed by atoms with Crippen LogP contribution in [0.1, 0.15) is 17.5 Å². The molecule has 0 aliphatic heterocycles. The summed E-state index contributed by atoms with van der Waals surface area (Å²) in [5.41, 5.74) is 3.44. The van der Waals surface area contributed by atoms with Crippen LogP contribution in [0.2, 0.25) is 0 Å². The molecule has 0 aliphatic carbocycles. The highest BCUT2D eigenvalue weighted by Gasteiger charge is 2.07. The molecule has 0 aliphatic rings. The number of para-hydroxylation sites is 1. The summed E-state index contributed by atoms with van der Waals surface area (Å²) in [5.74, 6) is 0.0571. The molecule has 27 heavy (non-hydrogen) atoms. The largest absolute Gasteiger partial charge is 0.352 e. The third-order valence-corrected chi connectivity index (χ3v) is 4.75. The van der Waals surface area contributed by atoms with Gasteiger partial charge in [-0.25, -0.2) is 0 Å². The van der Waals surface area contributed by atoms with E-state index in [4.69, 9.17) is 0 Å². The number of aromatic nitrogens is 3. The van der Waals surface area contributed by atoms with E-state index in [9.17, 15) is 4.79 Å². The van der Waals surface area contributed by atoms with Crippen molar-refractivity contribution in [2.75, 3.05) is 0 Å². The lowest BCUT2D eigenvalue weighted by Crippen LogP contribution is -2.24. The summed E-state index contributed by atoms with van der Waals surface area (Å²) in [4.78, 5) is 12.3. The number of carbonyl (C=O) groups is 1. The lowest BCUT2D eigenvalue weighted by molar-refractivity contribution is -0.121. The van der Waals surface area contributed by atoms with Crippen molar-refractivity contribution in [1.82, 2.24) is 19.7 Å². The van der Waals surface area contributed by atoms with Crippen molar-refractivity contribution < 1.29 is 4.79 Å². The molecule has 5 heteroatoms. The van der Waals surface area contributed by atoms with E-state index in [1.807, 2.05) is 47.4 Å². The van der Waals surface area contributed by atoms with Gasteiger partial charge in [-0.15, -0.1) is 0 Å². The molecule has 0 fully saturated rings. The van der Waals surface area contributed by atoms with Crippen molar-refractivity contribution >= 4 is 16.8 Å². The van der Waals surface area contributed by atoms with E-state index in [1.54, 1.807) is 6.20 Å². The number of aryl methyl sites for hydroxylation is 1. The molecule has 0 saturated heterocycles. The summed E-state index contributed by atoms with van der Waals surface area (Å²) in [5, 5.41) is 8.50. The van der Waals surface area contributed by atoms with Crippen molar-refractivity contribution in [1.29, 1.82) is 0 Å². The van der Waals surface area contributed by atoms with E-state index in [1.165, 1.54) is 5.39 Å². The van der Waals surface area contributed by atoms with Gasteiger partial charge in [0.2, 0.25) is 5.91 Å². The molecule has 4 rings (SSSR count). The topological polar surface area (TPSA) is 51.9 Å². The Balaban J connectivity index is 1.34. The van der Waals surface area contributed by atoms with Crippen LogP contribution in [-0.4, -0.2) is 20.3 Å². The first kappa shape index (κ1) is 17.1. The Hall–Kier alpha value is -3.34. The highest BCUT2D eigenvalue weighted by molar-refractivity contribution is 5.80. The lowest BCUT2D eigenvalue weighted by Gasteiger charge is -2.11. The Morgan fingerprint density at radius 2 is 1.74 bits per heavy atom. The maximum absolute atomic E-state index is 12.3. The highest BCUT2D eigenvalue weighted by Crippen LogP contribution is 2.15. The lowest BCUT2D eigenvalue weighted by atomic mass is 10.1. The Kier molecular flexibility index (Phi) is 5.01. The number of nitrogens with one attached hydrogen (secondary N) is 1. The van der Waals surface area contributed by atoms with Crippen molar-refractivity contribution in [3.8, 4) is 0 Å². The summed E-state index contributed by atoms with van der Waals surface area (Å²) < 4.78 is 4.01. The van der Waals surface area contributed by atoms with Gasteiger partial charge in [0.15, 0.2) is 0 Å². The molecule has 5 nitrogen and oxygen atoms in total. The Bertz CT molecular complexity index is 1030. The maximum atomic E-state index is 12.3. The molecular weight excluding hydrogens is 336 g/mol. The molecular formula is C22H22N4O. The highest BCUT2D eigenvalue weighted by atomic mass is 16.1. The van der Waals surface area contributed by atoms with Crippen LogP contribution in [0.4, 0.5) is 0 Å². The van der Waals surface area contributed by atoms with Crippen molar-refractivity contribution in [2.45, 2.75) is 26.1 Å². The van der Waals surface area contributed by atoms with Crippen molar-refractivity contribution in [3.63, 3.8) is 0 Å². The zero-order valence-electron chi connectivity index (χ0n) is 15.1. The van der Waals surface area contributed by atoms with Gasteiger partial charge in [-0.3, -0.25) is 9.48 Å². The molecule has 0 saturated carbocycles. The van der Waals surface area contributed by atoms with Gasteiger partial charge in [-0.05, 0) is 34.7 Å². The normalized spacial score (nSPS) is 11.0. The number of rotatable bonds is 7. The van der Waals surface area contributed by atoms with Crippen LogP contribution in [0.3, 0.4) is 0 Å². The van der Waals surface area contributed by atoms with E-state index >= 15 is 0 Å². The monoisotopic (exact) mass is 358 g/mol. The quantitative estimate of drug-likeness (QED) is 0.549. The smallest absolute Gasteiger partial charge is 0.222 e. The fourth-order valence-electron chi connectivity index (χ4n) is 3.29. The van der Waals surface area contributed by atoms with Gasteiger partial charge < -0.3 is 9.88 Å². The predicted molar refractivity (Wildman–Crippen MR) is 106 cm³/mol. The van der Waals surface area contributed by atoms with Gasteiger partial charge in [0.1, 0.15) is 0 Å². The second-order valence-corrected chi connectivity index (χ2v) is 6.57. The summed E-state index contributed by atoms with van der Waals surface area (Å²) in [6.45, 7) is 1.91. The van der Waals surface area contributed by atoms with Crippen molar-refractivity contribution in [3.05, 3.63) is 90.4 Å². The van der Waals surface area contributed by atoms with Crippen LogP contribution in [0.15, 0.2) is 79.3 Å². The van der Waals surface area contributed by atoms with Gasteiger partial charge in [0, 0.05) is 43.6 Å². The number of amides is 1. The molecule has 0 bridgehead atoms. The van der Waals surface area contributed by atoms with Crippen LogP contribution in [0.5, 0.6) is 0 Å². The third-order valence-electron chi connectivity index (χ3n) is 4.75. The summed E-state index contributed by atoms with van der Waals surface area (Å²) >= 11 is 0. The Labute approximate surface area is 158 Å². The standard InChI is InChI=1S/C22H22N4O/c27-22(11-15-25-14-10-18-6-3-4-9-21(18)25)23-16-19-7-1-2-8-20(19)17-26-13-5-12-24-26/h1-10,12-14H,11,15-17H2,(H,23,27). The maximum Gasteiger partial charge on any atom is 0.222 e. The number of benzene rings is 2. The zero-order valence-corrected chi connectivity index (χ0v) is 15.1. The van der Waals surface area contributed by atoms with E-state index < -0.39 is 0 Å². The number of hydrogen-bond donors (Lipinski definition) is 1. The van der Waals surface area contributed by atoms with Gasteiger partial charge in [0.05, 0.1) is 6.54 Å². The number of nitrogens with zero attached hydrogens (tertiary/aromatic N) is 3. The SMILES string of the molecule is O=C(CCn1ccc2ccccc21)NCc1ccccc1Cn1cccn1. The molecule has 2 aromatic carbocycles. The predicted octanol–water partition coefficient (Wildman–Crippen LogP) is 3.59. The molecule has 2 aromatic heterocycles. The van der Waals surface area contributed by atoms with Gasteiger partial charge in [0.25, 0.3) is 0 Å². The molecule has 0 radical (unpaired) electrons. The van der Waals surface area contributed by atoms with Crippen LogP contribution >= 0.6 is 0 Å². The zero-order chi connectivity index (χ0) is 18.5. The van der Waals surface area contributed by atoms with Gasteiger partial charge in [-0.1, -0.05) is 42.5 Å². The van der Waals surface area contributed by atoms with Crippen LogP contribution in [0.25, 0.3) is 10.9 Å². The first-order chi connectivity index (χ1) is 13.3. The van der Waals surface area contributed by atoms with Crippen LogP contribution in [0, 0.1) is 0 Å². The molecule has 1 amide bonds. The summed E-state index contributed by atoms with van der Waals surface area (Å²) in [6.07, 6.45) is 6.21.